The predicted molar refractivity (Wildman–Crippen MR) is 67.0 cm³/mol. The van der Waals surface area contributed by atoms with Gasteiger partial charge in [-0.2, -0.15) is 0 Å². The maximum atomic E-state index is 13.1. The zero-order valence-corrected chi connectivity index (χ0v) is 9.99. The number of quaternary nitrogens is 1. The van der Waals surface area contributed by atoms with Gasteiger partial charge in [-0.05, 0) is 24.1 Å². The SMILES string of the molecule is CCc1ccc([C@H]([NH3+])c2cccc(F)c2)cc1. The van der Waals surface area contributed by atoms with Gasteiger partial charge in [-0.1, -0.05) is 43.3 Å². The van der Waals surface area contributed by atoms with Gasteiger partial charge >= 0.3 is 0 Å². The van der Waals surface area contributed by atoms with E-state index in [1.54, 1.807) is 12.1 Å². The van der Waals surface area contributed by atoms with Crippen molar-refractivity contribution in [2.45, 2.75) is 19.4 Å². The molecule has 1 atom stereocenters. The molecule has 3 N–H and O–H groups in total. The van der Waals surface area contributed by atoms with E-state index in [2.05, 4.69) is 36.9 Å². The second-order valence-corrected chi connectivity index (χ2v) is 4.20. The summed E-state index contributed by atoms with van der Waals surface area (Å²) in [6, 6.07) is 15.0. The maximum Gasteiger partial charge on any atom is 0.136 e. The number of hydrogen-bond acceptors (Lipinski definition) is 0. The second kappa shape index (κ2) is 5.11. The van der Waals surface area contributed by atoms with Crippen LogP contribution in [0.3, 0.4) is 0 Å². The molecule has 0 saturated heterocycles. The van der Waals surface area contributed by atoms with Crippen molar-refractivity contribution in [2.75, 3.05) is 0 Å². The van der Waals surface area contributed by atoms with Crippen LogP contribution in [0.4, 0.5) is 4.39 Å². The fourth-order valence-electron chi connectivity index (χ4n) is 1.90. The summed E-state index contributed by atoms with van der Waals surface area (Å²) in [6.45, 7) is 2.13. The molecule has 0 aliphatic rings. The van der Waals surface area contributed by atoms with Crippen molar-refractivity contribution in [3.05, 3.63) is 71.0 Å². The molecule has 88 valence electrons. The van der Waals surface area contributed by atoms with E-state index in [4.69, 9.17) is 0 Å². The molecule has 1 nitrogen and oxygen atoms in total. The standard InChI is InChI=1S/C15H16FN/c1-2-11-6-8-12(9-7-11)15(17)13-4-3-5-14(16)10-13/h3-10,15H,2,17H2,1H3/p+1/t15-/m0/s1. The highest BCUT2D eigenvalue weighted by molar-refractivity contribution is 5.31. The van der Waals surface area contributed by atoms with Gasteiger partial charge in [0, 0.05) is 11.1 Å². The Balaban J connectivity index is 2.27. The predicted octanol–water partition coefficient (Wildman–Crippen LogP) is 2.72. The van der Waals surface area contributed by atoms with Crippen LogP contribution in [0.1, 0.15) is 29.7 Å². The monoisotopic (exact) mass is 230 g/mol. The summed E-state index contributed by atoms with van der Waals surface area (Å²) >= 11 is 0. The van der Waals surface area contributed by atoms with Crippen LogP contribution in [-0.2, 0) is 6.42 Å². The third-order valence-electron chi connectivity index (χ3n) is 3.04. The van der Waals surface area contributed by atoms with Gasteiger partial charge in [0.05, 0.1) is 0 Å². The van der Waals surface area contributed by atoms with Crippen LogP contribution >= 0.6 is 0 Å². The van der Waals surface area contributed by atoms with E-state index in [1.807, 2.05) is 6.07 Å². The van der Waals surface area contributed by atoms with Crippen molar-refractivity contribution in [1.82, 2.24) is 0 Å². The summed E-state index contributed by atoms with van der Waals surface area (Å²) in [4.78, 5) is 0. The molecule has 0 bridgehead atoms. The molecule has 2 rings (SSSR count). The van der Waals surface area contributed by atoms with Gasteiger partial charge < -0.3 is 5.73 Å². The molecule has 0 aromatic heterocycles. The number of benzene rings is 2. The first-order valence-corrected chi connectivity index (χ1v) is 5.88. The van der Waals surface area contributed by atoms with E-state index in [-0.39, 0.29) is 11.9 Å². The highest BCUT2D eigenvalue weighted by Crippen LogP contribution is 2.19. The third kappa shape index (κ3) is 2.71. The van der Waals surface area contributed by atoms with Crippen molar-refractivity contribution in [3.8, 4) is 0 Å². The lowest BCUT2D eigenvalue weighted by atomic mass is 9.98. The Morgan fingerprint density at radius 3 is 2.35 bits per heavy atom. The normalized spacial score (nSPS) is 12.4. The van der Waals surface area contributed by atoms with Gasteiger partial charge in [0.25, 0.3) is 0 Å². The van der Waals surface area contributed by atoms with Crippen LogP contribution in [-0.4, -0.2) is 0 Å². The smallest absolute Gasteiger partial charge is 0.136 e. The molecule has 0 unspecified atom stereocenters. The van der Waals surface area contributed by atoms with E-state index in [0.717, 1.165) is 17.5 Å². The average molecular weight is 230 g/mol. The van der Waals surface area contributed by atoms with Crippen molar-refractivity contribution in [2.24, 2.45) is 0 Å². The molecular weight excluding hydrogens is 213 g/mol. The van der Waals surface area contributed by atoms with Crippen LogP contribution in [0.15, 0.2) is 48.5 Å². The van der Waals surface area contributed by atoms with Crippen molar-refractivity contribution >= 4 is 0 Å². The molecule has 17 heavy (non-hydrogen) atoms. The number of hydrogen-bond donors (Lipinski definition) is 1. The Morgan fingerprint density at radius 1 is 1.06 bits per heavy atom. The van der Waals surface area contributed by atoms with Crippen LogP contribution in [0.5, 0.6) is 0 Å². The fraction of sp³-hybridized carbons (Fsp3) is 0.200. The molecule has 2 aromatic carbocycles. The summed E-state index contributed by atoms with van der Waals surface area (Å²) in [7, 11) is 0. The molecule has 0 aliphatic carbocycles. The van der Waals surface area contributed by atoms with Crippen LogP contribution < -0.4 is 5.73 Å². The van der Waals surface area contributed by atoms with Gasteiger partial charge in [-0.25, -0.2) is 4.39 Å². The Labute approximate surface area is 101 Å². The van der Waals surface area contributed by atoms with E-state index in [0.29, 0.717) is 0 Å². The number of aryl methyl sites for hydroxylation is 1. The van der Waals surface area contributed by atoms with Gasteiger partial charge in [0.1, 0.15) is 11.9 Å². The molecular formula is C15H17FN+. The minimum absolute atomic E-state index is 0.0170. The number of rotatable bonds is 3. The van der Waals surface area contributed by atoms with Gasteiger partial charge in [-0.3, -0.25) is 0 Å². The summed E-state index contributed by atoms with van der Waals surface area (Å²) in [5.41, 5.74) is 7.44. The molecule has 0 fully saturated rings. The Morgan fingerprint density at radius 2 is 1.76 bits per heavy atom. The van der Waals surface area contributed by atoms with Crippen molar-refractivity contribution in [1.29, 1.82) is 0 Å². The summed E-state index contributed by atoms with van der Waals surface area (Å²) in [5.74, 6) is -0.207. The molecule has 2 heteroatoms. The minimum Gasteiger partial charge on any atom is -0.348 e. The first-order valence-electron chi connectivity index (χ1n) is 5.88. The first kappa shape index (κ1) is 11.8. The Hall–Kier alpha value is -1.67. The van der Waals surface area contributed by atoms with Gasteiger partial charge in [0.2, 0.25) is 0 Å². The second-order valence-electron chi connectivity index (χ2n) is 4.20. The summed E-state index contributed by atoms with van der Waals surface area (Å²) in [5, 5.41) is 0. The molecule has 0 amide bonds. The summed E-state index contributed by atoms with van der Waals surface area (Å²) < 4.78 is 13.1. The quantitative estimate of drug-likeness (QED) is 0.839. The van der Waals surface area contributed by atoms with E-state index in [1.165, 1.54) is 11.6 Å². The highest BCUT2D eigenvalue weighted by Gasteiger charge is 2.12. The minimum atomic E-state index is -0.207. The molecule has 0 heterocycles. The van der Waals surface area contributed by atoms with Gasteiger partial charge in [0.15, 0.2) is 0 Å². The van der Waals surface area contributed by atoms with E-state index >= 15 is 0 Å². The van der Waals surface area contributed by atoms with Crippen LogP contribution in [0, 0.1) is 5.82 Å². The molecule has 0 aliphatic heterocycles. The largest absolute Gasteiger partial charge is 0.348 e. The summed E-state index contributed by atoms with van der Waals surface area (Å²) in [6.07, 6.45) is 1.03. The third-order valence-corrected chi connectivity index (χ3v) is 3.04. The topological polar surface area (TPSA) is 27.6 Å². The Kier molecular flexibility index (Phi) is 3.55. The first-order chi connectivity index (χ1) is 8.20. The lowest BCUT2D eigenvalue weighted by molar-refractivity contribution is -0.411. The van der Waals surface area contributed by atoms with Crippen LogP contribution in [0.25, 0.3) is 0 Å². The average Bonchev–Trinajstić information content (AvgIpc) is 2.38. The van der Waals surface area contributed by atoms with Crippen molar-refractivity contribution < 1.29 is 10.1 Å². The lowest BCUT2D eigenvalue weighted by Crippen LogP contribution is -2.54. The lowest BCUT2D eigenvalue weighted by Gasteiger charge is -2.10. The van der Waals surface area contributed by atoms with Crippen molar-refractivity contribution in [3.63, 3.8) is 0 Å². The molecule has 0 saturated carbocycles. The molecule has 2 aromatic rings. The molecule has 0 radical (unpaired) electrons. The number of halogens is 1. The maximum absolute atomic E-state index is 13.1. The van der Waals surface area contributed by atoms with E-state index in [9.17, 15) is 4.39 Å². The van der Waals surface area contributed by atoms with E-state index < -0.39 is 0 Å². The van der Waals surface area contributed by atoms with Crippen LogP contribution in [0.2, 0.25) is 0 Å². The highest BCUT2D eigenvalue weighted by atomic mass is 19.1. The van der Waals surface area contributed by atoms with Gasteiger partial charge in [-0.15, -0.1) is 0 Å². The fourth-order valence-corrected chi connectivity index (χ4v) is 1.90. The zero-order valence-electron chi connectivity index (χ0n) is 9.99. The molecule has 0 spiro atoms. The Bertz CT molecular complexity index is 491. The zero-order chi connectivity index (χ0) is 12.3.